The summed E-state index contributed by atoms with van der Waals surface area (Å²) in [6, 6.07) is 10.2. The minimum atomic E-state index is -3.48. The summed E-state index contributed by atoms with van der Waals surface area (Å²) >= 11 is 0. The highest BCUT2D eigenvalue weighted by atomic mass is 32.2. The van der Waals surface area contributed by atoms with Gasteiger partial charge < -0.3 is 9.72 Å². The Morgan fingerprint density at radius 3 is 2.50 bits per heavy atom. The summed E-state index contributed by atoms with van der Waals surface area (Å²) in [7, 11) is 0.829. The zero-order valence-electron chi connectivity index (χ0n) is 14.7. The number of pyridine rings is 1. The molecule has 0 aliphatic heterocycles. The Hall–Kier alpha value is -2.71. The van der Waals surface area contributed by atoms with E-state index in [1.54, 1.807) is 36.5 Å². The molecule has 1 N–H and O–H groups in total. The van der Waals surface area contributed by atoms with Crippen LogP contribution >= 0.6 is 0 Å². The average molecular weight is 373 g/mol. The van der Waals surface area contributed by atoms with Gasteiger partial charge in [0.15, 0.2) is 0 Å². The molecule has 3 rings (SSSR count). The molecular weight excluding hydrogens is 354 g/mol. The number of aromatic nitrogens is 2. The summed E-state index contributed by atoms with van der Waals surface area (Å²) in [4.78, 5) is 19.7. The molecule has 0 spiro atoms. The second-order valence-corrected chi connectivity index (χ2v) is 8.13. The van der Waals surface area contributed by atoms with Gasteiger partial charge in [-0.25, -0.2) is 17.5 Å². The highest BCUT2D eigenvalue weighted by Gasteiger charge is 2.20. The summed E-state index contributed by atoms with van der Waals surface area (Å²) in [6.45, 7) is 0. The number of nitrogens with one attached hydrogen (secondary N) is 1. The lowest BCUT2D eigenvalue weighted by Crippen LogP contribution is -2.22. The van der Waals surface area contributed by atoms with E-state index in [0.29, 0.717) is 17.6 Å². The monoisotopic (exact) mass is 373 g/mol. The predicted molar refractivity (Wildman–Crippen MR) is 97.6 cm³/mol. The lowest BCUT2D eigenvalue weighted by molar-refractivity contribution is 0.0594. The third-order valence-corrected chi connectivity index (χ3v) is 5.96. The van der Waals surface area contributed by atoms with Crippen LogP contribution in [0.4, 0.5) is 0 Å². The van der Waals surface area contributed by atoms with Crippen LogP contribution in [0.15, 0.2) is 47.5 Å². The van der Waals surface area contributed by atoms with Crippen LogP contribution in [0.1, 0.15) is 21.6 Å². The van der Waals surface area contributed by atoms with E-state index in [4.69, 9.17) is 4.74 Å². The zero-order valence-corrected chi connectivity index (χ0v) is 15.5. The molecule has 136 valence electrons. The topological polar surface area (TPSA) is 92.4 Å². The number of aromatic amines is 1. The van der Waals surface area contributed by atoms with Gasteiger partial charge in [-0.05, 0) is 29.8 Å². The molecule has 0 amide bonds. The normalized spacial score (nSPS) is 11.8. The second kappa shape index (κ2) is 6.89. The van der Waals surface area contributed by atoms with Crippen LogP contribution in [0, 0.1) is 0 Å². The zero-order chi connectivity index (χ0) is 18.9. The number of nitrogens with zero attached hydrogens (tertiary/aromatic N) is 2. The molecule has 1 aromatic carbocycles. The molecule has 2 heterocycles. The lowest BCUT2D eigenvalue weighted by Gasteiger charge is -2.11. The molecule has 3 aromatic rings. The van der Waals surface area contributed by atoms with Gasteiger partial charge in [-0.2, -0.15) is 0 Å². The number of fused-ring (bicyclic) bond motifs is 1. The summed E-state index contributed by atoms with van der Waals surface area (Å²) in [5.41, 5.74) is 3.37. The highest BCUT2D eigenvalue weighted by molar-refractivity contribution is 7.89. The van der Waals surface area contributed by atoms with Crippen molar-refractivity contribution >= 4 is 27.0 Å². The Labute approximate surface area is 151 Å². The molecule has 26 heavy (non-hydrogen) atoms. The van der Waals surface area contributed by atoms with Crippen molar-refractivity contribution in [2.45, 2.75) is 11.3 Å². The number of sulfonamides is 1. The maximum atomic E-state index is 12.2. The molecule has 0 saturated carbocycles. The summed E-state index contributed by atoms with van der Waals surface area (Å²) in [5.74, 6) is -0.468. The molecule has 0 fully saturated rings. The third kappa shape index (κ3) is 3.21. The molecule has 0 unspecified atom stereocenters. The molecule has 7 nitrogen and oxygen atoms in total. The van der Waals surface area contributed by atoms with Crippen molar-refractivity contribution in [1.29, 1.82) is 0 Å². The molecule has 0 aliphatic carbocycles. The maximum Gasteiger partial charge on any atom is 0.354 e. The fourth-order valence-corrected chi connectivity index (χ4v) is 3.62. The van der Waals surface area contributed by atoms with Gasteiger partial charge in [0, 0.05) is 32.3 Å². The second-order valence-electron chi connectivity index (χ2n) is 5.98. The number of hydrogen-bond acceptors (Lipinski definition) is 5. The van der Waals surface area contributed by atoms with Crippen molar-refractivity contribution in [3.05, 3.63) is 59.4 Å². The SMILES string of the molecule is COC(=O)c1[nH]c2cccnc2c1Cc1ccc(S(=O)(=O)N(C)C)cc1. The highest BCUT2D eigenvalue weighted by Crippen LogP contribution is 2.25. The van der Waals surface area contributed by atoms with Gasteiger partial charge in [0.25, 0.3) is 0 Å². The first kappa shape index (κ1) is 18.1. The molecule has 0 aliphatic rings. The van der Waals surface area contributed by atoms with Crippen molar-refractivity contribution in [3.63, 3.8) is 0 Å². The van der Waals surface area contributed by atoms with Crippen molar-refractivity contribution in [2.75, 3.05) is 21.2 Å². The number of hydrogen-bond donors (Lipinski definition) is 1. The minimum Gasteiger partial charge on any atom is -0.464 e. The van der Waals surface area contributed by atoms with Gasteiger partial charge >= 0.3 is 5.97 Å². The number of carbonyl (C=O) groups is 1. The van der Waals surface area contributed by atoms with E-state index >= 15 is 0 Å². The molecule has 0 saturated heterocycles. The number of esters is 1. The summed E-state index contributed by atoms with van der Waals surface area (Å²) < 4.78 is 30.4. The van der Waals surface area contributed by atoms with E-state index in [0.717, 1.165) is 16.6 Å². The van der Waals surface area contributed by atoms with E-state index < -0.39 is 16.0 Å². The number of methoxy groups -OCH3 is 1. The minimum absolute atomic E-state index is 0.219. The number of H-pyrrole nitrogens is 1. The summed E-state index contributed by atoms with van der Waals surface area (Å²) in [6.07, 6.45) is 2.08. The van der Waals surface area contributed by atoms with Crippen molar-refractivity contribution in [2.24, 2.45) is 0 Å². The number of carbonyl (C=O) groups excluding carboxylic acids is 1. The number of benzene rings is 1. The fraction of sp³-hybridized carbons (Fsp3) is 0.222. The van der Waals surface area contributed by atoms with Gasteiger partial charge in [0.05, 0.1) is 23.0 Å². The predicted octanol–water partition coefficient (Wildman–Crippen LogP) is 2.19. The number of rotatable bonds is 5. The first-order valence-electron chi connectivity index (χ1n) is 7.90. The van der Waals surface area contributed by atoms with E-state index in [1.165, 1.54) is 25.5 Å². The number of ether oxygens (including phenoxy) is 1. The van der Waals surface area contributed by atoms with Gasteiger partial charge in [-0.3, -0.25) is 4.98 Å². The third-order valence-electron chi connectivity index (χ3n) is 4.13. The van der Waals surface area contributed by atoms with Crippen LogP contribution in [0.3, 0.4) is 0 Å². The van der Waals surface area contributed by atoms with Gasteiger partial charge in [-0.15, -0.1) is 0 Å². The first-order chi connectivity index (χ1) is 12.3. The lowest BCUT2D eigenvalue weighted by atomic mass is 10.0. The Morgan fingerprint density at radius 2 is 1.88 bits per heavy atom. The van der Waals surface area contributed by atoms with Crippen LogP contribution in [0.25, 0.3) is 11.0 Å². The molecule has 2 aromatic heterocycles. The smallest absolute Gasteiger partial charge is 0.354 e. The van der Waals surface area contributed by atoms with Crippen molar-refractivity contribution in [1.82, 2.24) is 14.3 Å². The molecule has 8 heteroatoms. The molecule has 0 radical (unpaired) electrons. The Balaban J connectivity index is 2.00. The molecule has 0 bridgehead atoms. The van der Waals surface area contributed by atoms with Crippen LogP contribution in [0.5, 0.6) is 0 Å². The van der Waals surface area contributed by atoms with E-state index in [2.05, 4.69) is 9.97 Å². The van der Waals surface area contributed by atoms with Gasteiger partial charge in [-0.1, -0.05) is 12.1 Å². The van der Waals surface area contributed by atoms with Crippen LogP contribution < -0.4 is 0 Å². The van der Waals surface area contributed by atoms with Crippen molar-refractivity contribution < 1.29 is 17.9 Å². The average Bonchev–Trinajstić information content (AvgIpc) is 3.00. The maximum absolute atomic E-state index is 12.2. The van der Waals surface area contributed by atoms with E-state index in [-0.39, 0.29) is 4.90 Å². The quantitative estimate of drug-likeness (QED) is 0.692. The van der Waals surface area contributed by atoms with E-state index in [1.807, 2.05) is 6.07 Å². The van der Waals surface area contributed by atoms with Crippen LogP contribution in [-0.4, -0.2) is 49.9 Å². The fourth-order valence-electron chi connectivity index (χ4n) is 2.72. The Morgan fingerprint density at radius 1 is 1.19 bits per heavy atom. The summed E-state index contributed by atoms with van der Waals surface area (Å²) in [5, 5.41) is 0. The van der Waals surface area contributed by atoms with Crippen LogP contribution in [-0.2, 0) is 21.2 Å². The van der Waals surface area contributed by atoms with Gasteiger partial charge in [0.2, 0.25) is 10.0 Å². The van der Waals surface area contributed by atoms with Crippen molar-refractivity contribution in [3.8, 4) is 0 Å². The van der Waals surface area contributed by atoms with Gasteiger partial charge in [0.1, 0.15) is 5.69 Å². The van der Waals surface area contributed by atoms with Crippen LogP contribution in [0.2, 0.25) is 0 Å². The first-order valence-corrected chi connectivity index (χ1v) is 9.34. The Bertz CT molecular complexity index is 1050. The standard InChI is InChI=1S/C18H19N3O4S/c1-21(2)26(23,24)13-8-6-12(7-9-13)11-14-16-15(5-4-10-19-16)20-17(14)18(22)25-3/h4-10,20H,11H2,1-3H3. The Kier molecular flexibility index (Phi) is 4.80. The molecular formula is C18H19N3O4S. The largest absolute Gasteiger partial charge is 0.464 e. The van der Waals surface area contributed by atoms with E-state index in [9.17, 15) is 13.2 Å². The molecule has 0 atom stereocenters.